The molecule has 0 saturated heterocycles. The van der Waals surface area contributed by atoms with Crippen LogP contribution in [0.15, 0.2) is 0 Å². The molecule has 0 N–H and O–H groups in total. The number of hydrogen-bond donors (Lipinski definition) is 0. The van der Waals surface area contributed by atoms with E-state index in [1.165, 1.54) is 0 Å². The summed E-state index contributed by atoms with van der Waals surface area (Å²) in [4.78, 5) is 0. The van der Waals surface area contributed by atoms with Crippen molar-refractivity contribution in [2.45, 2.75) is 46.3 Å². The highest BCUT2D eigenvalue weighted by Crippen LogP contribution is 2.11. The predicted molar refractivity (Wildman–Crippen MR) is 44.8 cm³/mol. The summed E-state index contributed by atoms with van der Waals surface area (Å²) in [6.45, 7) is 12.3. The number of hydrogen-bond acceptors (Lipinski definition) is 1. The first-order valence-electron chi connectivity index (χ1n) is 4.02. The molecule has 0 aliphatic heterocycles. The second-order valence-corrected chi connectivity index (χ2v) is 3.26. The Labute approximate surface area is 64.8 Å². The molecule has 1 heteroatoms. The zero-order valence-electron chi connectivity index (χ0n) is 7.55. The van der Waals surface area contributed by atoms with Gasteiger partial charge in [0.05, 0.1) is 12.2 Å². The fourth-order valence-electron chi connectivity index (χ4n) is 0.908. The summed E-state index contributed by atoms with van der Waals surface area (Å²) in [5.41, 5.74) is 0. The molecule has 0 saturated carbocycles. The molecule has 0 aromatic heterocycles. The van der Waals surface area contributed by atoms with Gasteiger partial charge in [0.1, 0.15) is 0 Å². The predicted octanol–water partition coefficient (Wildman–Crippen LogP) is 2.66. The van der Waals surface area contributed by atoms with Crippen LogP contribution >= 0.6 is 0 Å². The Bertz CT molecular complexity index is 76.8. The molecule has 61 valence electrons. The summed E-state index contributed by atoms with van der Waals surface area (Å²) in [6.07, 6.45) is 1.53. The van der Waals surface area contributed by atoms with Crippen LogP contribution in [0.3, 0.4) is 0 Å². The Kier molecular flexibility index (Phi) is 4.71. The van der Waals surface area contributed by atoms with Gasteiger partial charge in [-0.3, -0.25) is 0 Å². The van der Waals surface area contributed by atoms with E-state index in [1.807, 2.05) is 0 Å². The average molecular weight is 143 g/mol. The largest absolute Gasteiger partial charge is 0.375 e. The quantitative estimate of drug-likeness (QED) is 0.588. The second kappa shape index (κ2) is 4.73. The Morgan fingerprint density at radius 1 is 1.20 bits per heavy atom. The molecular weight excluding hydrogens is 124 g/mol. The third-order valence-corrected chi connectivity index (χ3v) is 1.48. The van der Waals surface area contributed by atoms with Crippen molar-refractivity contribution in [3.05, 3.63) is 6.92 Å². The molecule has 0 aliphatic rings. The maximum absolute atomic E-state index is 5.60. The Balaban J connectivity index is 3.60. The van der Waals surface area contributed by atoms with E-state index in [9.17, 15) is 0 Å². The van der Waals surface area contributed by atoms with Crippen LogP contribution in [0.1, 0.15) is 34.1 Å². The molecule has 1 atom stereocenters. The zero-order valence-corrected chi connectivity index (χ0v) is 7.55. The van der Waals surface area contributed by atoms with Gasteiger partial charge in [-0.1, -0.05) is 20.8 Å². The first-order chi connectivity index (χ1) is 4.57. The first kappa shape index (κ1) is 9.96. The van der Waals surface area contributed by atoms with Gasteiger partial charge < -0.3 is 4.74 Å². The molecule has 0 bridgehead atoms. The molecule has 1 radical (unpaired) electrons. The minimum atomic E-state index is 0.328. The van der Waals surface area contributed by atoms with Crippen LogP contribution in [-0.2, 0) is 4.74 Å². The lowest BCUT2D eigenvalue weighted by molar-refractivity contribution is -0.0163. The van der Waals surface area contributed by atoms with Gasteiger partial charge in [-0.2, -0.15) is 0 Å². The first-order valence-corrected chi connectivity index (χ1v) is 4.02. The molecule has 0 amide bonds. The van der Waals surface area contributed by atoms with Gasteiger partial charge in [0.25, 0.3) is 0 Å². The van der Waals surface area contributed by atoms with Crippen molar-refractivity contribution in [2.75, 3.05) is 0 Å². The van der Waals surface area contributed by atoms with E-state index >= 15 is 0 Å². The van der Waals surface area contributed by atoms with E-state index in [4.69, 9.17) is 4.74 Å². The number of ether oxygens (including phenoxy) is 1. The van der Waals surface area contributed by atoms with Gasteiger partial charge in [0, 0.05) is 0 Å². The van der Waals surface area contributed by atoms with Crippen LogP contribution in [0, 0.1) is 12.8 Å². The molecule has 1 nitrogen and oxygen atoms in total. The standard InChI is InChI=1S/C9H19O/c1-6-9(7(2)3)10-8(4)5/h7-9H,1,6H2,2-5H3. The molecule has 0 fully saturated rings. The zero-order chi connectivity index (χ0) is 8.15. The topological polar surface area (TPSA) is 9.23 Å². The van der Waals surface area contributed by atoms with E-state index in [1.54, 1.807) is 0 Å². The minimum Gasteiger partial charge on any atom is -0.375 e. The Hall–Kier alpha value is -0.0400. The van der Waals surface area contributed by atoms with Crippen LogP contribution in [0.4, 0.5) is 0 Å². The lowest BCUT2D eigenvalue weighted by Gasteiger charge is -2.22. The second-order valence-electron chi connectivity index (χ2n) is 3.26. The Morgan fingerprint density at radius 2 is 1.70 bits per heavy atom. The third kappa shape index (κ3) is 3.89. The van der Waals surface area contributed by atoms with E-state index in [-0.39, 0.29) is 0 Å². The Morgan fingerprint density at radius 3 is 1.80 bits per heavy atom. The SMILES string of the molecule is [CH2]CC(OC(C)C)C(C)C. The average Bonchev–Trinajstić information content (AvgIpc) is 1.81. The molecule has 0 rings (SSSR count). The van der Waals surface area contributed by atoms with Crippen LogP contribution < -0.4 is 0 Å². The lowest BCUT2D eigenvalue weighted by atomic mass is 10.1. The summed E-state index contributed by atoms with van der Waals surface area (Å²) in [7, 11) is 0. The molecule has 0 aromatic rings. The van der Waals surface area contributed by atoms with Crippen LogP contribution in [0.5, 0.6) is 0 Å². The van der Waals surface area contributed by atoms with Gasteiger partial charge in [0.15, 0.2) is 0 Å². The lowest BCUT2D eigenvalue weighted by Crippen LogP contribution is -2.22. The highest BCUT2D eigenvalue weighted by Gasteiger charge is 2.12. The fourth-order valence-corrected chi connectivity index (χ4v) is 0.908. The summed E-state index contributed by atoms with van der Waals surface area (Å²) < 4.78 is 5.60. The van der Waals surface area contributed by atoms with Gasteiger partial charge in [-0.05, 0) is 26.2 Å². The van der Waals surface area contributed by atoms with Crippen molar-refractivity contribution in [1.82, 2.24) is 0 Å². The van der Waals surface area contributed by atoms with Gasteiger partial charge in [0.2, 0.25) is 0 Å². The number of rotatable bonds is 4. The van der Waals surface area contributed by atoms with Crippen molar-refractivity contribution in [1.29, 1.82) is 0 Å². The molecule has 0 spiro atoms. The maximum Gasteiger partial charge on any atom is 0.0601 e. The van der Waals surface area contributed by atoms with Gasteiger partial charge in [-0.15, -0.1) is 0 Å². The summed E-state index contributed by atoms with van der Waals surface area (Å²) in [6, 6.07) is 0. The van der Waals surface area contributed by atoms with Gasteiger partial charge in [-0.25, -0.2) is 0 Å². The van der Waals surface area contributed by atoms with E-state index in [2.05, 4.69) is 34.6 Å². The van der Waals surface area contributed by atoms with Gasteiger partial charge >= 0.3 is 0 Å². The van der Waals surface area contributed by atoms with E-state index in [0.717, 1.165) is 6.42 Å². The third-order valence-electron chi connectivity index (χ3n) is 1.48. The summed E-state index contributed by atoms with van der Waals surface area (Å²) >= 11 is 0. The molecule has 0 aromatic carbocycles. The molecule has 0 heterocycles. The highest BCUT2D eigenvalue weighted by molar-refractivity contribution is 4.64. The van der Waals surface area contributed by atoms with Crippen molar-refractivity contribution >= 4 is 0 Å². The van der Waals surface area contributed by atoms with Crippen molar-refractivity contribution < 1.29 is 4.74 Å². The highest BCUT2D eigenvalue weighted by atomic mass is 16.5. The molecule has 1 unspecified atom stereocenters. The normalized spacial score (nSPS) is 14.7. The molecule has 0 aliphatic carbocycles. The van der Waals surface area contributed by atoms with Crippen LogP contribution in [-0.4, -0.2) is 12.2 Å². The smallest absolute Gasteiger partial charge is 0.0601 e. The monoisotopic (exact) mass is 143 g/mol. The van der Waals surface area contributed by atoms with Crippen molar-refractivity contribution in [3.8, 4) is 0 Å². The van der Waals surface area contributed by atoms with Crippen molar-refractivity contribution in [3.63, 3.8) is 0 Å². The summed E-state index contributed by atoms with van der Waals surface area (Å²) in [5.74, 6) is 0.583. The maximum atomic E-state index is 5.60. The summed E-state index contributed by atoms with van der Waals surface area (Å²) in [5, 5.41) is 0. The van der Waals surface area contributed by atoms with Crippen LogP contribution in [0.2, 0.25) is 0 Å². The molecule has 10 heavy (non-hydrogen) atoms. The fraction of sp³-hybridized carbons (Fsp3) is 0.889. The van der Waals surface area contributed by atoms with Crippen LogP contribution in [0.25, 0.3) is 0 Å². The van der Waals surface area contributed by atoms with E-state index in [0.29, 0.717) is 18.1 Å². The molecular formula is C9H19O. The van der Waals surface area contributed by atoms with Crippen molar-refractivity contribution in [2.24, 2.45) is 5.92 Å². The van der Waals surface area contributed by atoms with E-state index < -0.39 is 0 Å². The minimum absolute atomic E-state index is 0.328.